The maximum atomic E-state index is 5.34. The van der Waals surface area contributed by atoms with Crippen LogP contribution < -0.4 is 5.73 Å². The highest BCUT2D eigenvalue weighted by molar-refractivity contribution is 5.18. The van der Waals surface area contributed by atoms with Crippen molar-refractivity contribution in [2.75, 3.05) is 19.5 Å². The summed E-state index contributed by atoms with van der Waals surface area (Å²) in [5.41, 5.74) is 6.36. The van der Waals surface area contributed by atoms with Gasteiger partial charge in [0.1, 0.15) is 0 Å². The molecule has 0 aliphatic carbocycles. The second-order valence-corrected chi connectivity index (χ2v) is 2.04. The van der Waals surface area contributed by atoms with Crippen molar-refractivity contribution in [3.05, 3.63) is 11.9 Å². The zero-order valence-electron chi connectivity index (χ0n) is 5.92. The number of rotatable bonds is 3. The van der Waals surface area contributed by atoms with Crippen molar-refractivity contribution in [1.82, 2.24) is 9.97 Å². The normalized spacial score (nSPS) is 10.1. The summed E-state index contributed by atoms with van der Waals surface area (Å²) in [5, 5.41) is 0. The fourth-order valence-corrected chi connectivity index (χ4v) is 0.716. The Morgan fingerprint density at radius 2 is 2.60 bits per heavy atom. The summed E-state index contributed by atoms with van der Waals surface area (Å²) in [6, 6.07) is 0. The minimum atomic E-state index is 0.464. The average molecular weight is 141 g/mol. The Balaban J connectivity index is 2.42. The molecular weight excluding hydrogens is 130 g/mol. The quantitative estimate of drug-likeness (QED) is 0.631. The molecule has 0 spiro atoms. The molecule has 10 heavy (non-hydrogen) atoms. The van der Waals surface area contributed by atoms with Crippen molar-refractivity contribution in [2.45, 2.75) is 6.42 Å². The van der Waals surface area contributed by atoms with E-state index in [0.29, 0.717) is 12.6 Å². The van der Waals surface area contributed by atoms with Crippen LogP contribution in [-0.4, -0.2) is 23.7 Å². The van der Waals surface area contributed by atoms with Crippen LogP contribution in [0.3, 0.4) is 0 Å². The molecule has 0 aliphatic rings. The van der Waals surface area contributed by atoms with Gasteiger partial charge in [0, 0.05) is 19.2 Å². The van der Waals surface area contributed by atoms with Crippen LogP contribution in [0.5, 0.6) is 0 Å². The van der Waals surface area contributed by atoms with E-state index in [9.17, 15) is 0 Å². The van der Waals surface area contributed by atoms with Crippen LogP contribution in [-0.2, 0) is 11.2 Å². The van der Waals surface area contributed by atoms with Crippen LogP contribution in [0.2, 0.25) is 0 Å². The highest BCUT2D eigenvalue weighted by Gasteiger charge is 1.94. The van der Waals surface area contributed by atoms with Crippen molar-refractivity contribution in [1.29, 1.82) is 0 Å². The third-order valence-corrected chi connectivity index (χ3v) is 1.22. The predicted molar refractivity (Wildman–Crippen MR) is 38.6 cm³/mol. The van der Waals surface area contributed by atoms with Crippen LogP contribution in [0, 0.1) is 0 Å². The summed E-state index contributed by atoms with van der Waals surface area (Å²) in [7, 11) is 1.67. The Labute approximate surface area is 59.4 Å². The summed E-state index contributed by atoms with van der Waals surface area (Å²) in [5.74, 6) is 0.464. The van der Waals surface area contributed by atoms with E-state index in [1.54, 1.807) is 13.3 Å². The smallest absolute Gasteiger partial charge is 0.197 e. The van der Waals surface area contributed by atoms with Gasteiger partial charge in [-0.15, -0.1) is 0 Å². The van der Waals surface area contributed by atoms with Crippen LogP contribution in [0.15, 0.2) is 6.20 Å². The van der Waals surface area contributed by atoms with Crippen molar-refractivity contribution < 1.29 is 4.74 Å². The van der Waals surface area contributed by atoms with E-state index in [1.807, 2.05) is 0 Å². The number of nitrogens with two attached hydrogens (primary N) is 1. The number of nitrogens with zero attached hydrogens (tertiary/aromatic N) is 1. The van der Waals surface area contributed by atoms with Gasteiger partial charge in [0.2, 0.25) is 0 Å². The number of imidazole rings is 1. The highest BCUT2D eigenvalue weighted by atomic mass is 16.5. The molecule has 1 heterocycles. The second kappa shape index (κ2) is 3.22. The fourth-order valence-electron chi connectivity index (χ4n) is 0.716. The van der Waals surface area contributed by atoms with Crippen LogP contribution in [0.1, 0.15) is 5.69 Å². The van der Waals surface area contributed by atoms with Crippen molar-refractivity contribution in [3.63, 3.8) is 0 Å². The predicted octanol–water partition coefficient (Wildman–Crippen LogP) is 0.181. The number of aromatic amines is 1. The number of hydrogen-bond donors (Lipinski definition) is 2. The van der Waals surface area contributed by atoms with Gasteiger partial charge in [-0.3, -0.25) is 0 Å². The first-order chi connectivity index (χ1) is 4.83. The second-order valence-electron chi connectivity index (χ2n) is 2.04. The van der Waals surface area contributed by atoms with E-state index in [4.69, 9.17) is 10.5 Å². The van der Waals surface area contributed by atoms with Gasteiger partial charge in [0.25, 0.3) is 0 Å². The topological polar surface area (TPSA) is 63.9 Å². The molecule has 1 rings (SSSR count). The number of H-pyrrole nitrogens is 1. The van der Waals surface area contributed by atoms with Gasteiger partial charge in [-0.05, 0) is 0 Å². The summed E-state index contributed by atoms with van der Waals surface area (Å²) in [4.78, 5) is 6.73. The molecule has 56 valence electrons. The number of anilines is 1. The van der Waals surface area contributed by atoms with E-state index in [2.05, 4.69) is 9.97 Å². The first kappa shape index (κ1) is 7.08. The standard InChI is InChI=1S/C6H11N3O/c1-10-3-2-5-4-8-6(7)9-5/h4H,2-3H2,1H3,(H3,7,8,9). The number of methoxy groups -OCH3 is 1. The summed E-state index contributed by atoms with van der Waals surface area (Å²) in [6.45, 7) is 0.696. The monoisotopic (exact) mass is 141 g/mol. The molecule has 0 unspecified atom stereocenters. The minimum absolute atomic E-state index is 0.464. The third kappa shape index (κ3) is 1.73. The molecule has 0 fully saturated rings. The first-order valence-corrected chi connectivity index (χ1v) is 3.11. The fraction of sp³-hybridized carbons (Fsp3) is 0.500. The average Bonchev–Trinajstić information content (AvgIpc) is 2.31. The van der Waals surface area contributed by atoms with E-state index in [0.717, 1.165) is 12.1 Å². The van der Waals surface area contributed by atoms with Crippen molar-refractivity contribution >= 4 is 5.95 Å². The van der Waals surface area contributed by atoms with Crippen LogP contribution >= 0.6 is 0 Å². The Hall–Kier alpha value is -1.03. The third-order valence-electron chi connectivity index (χ3n) is 1.22. The lowest BCUT2D eigenvalue weighted by atomic mass is 10.4. The molecule has 0 aromatic carbocycles. The van der Waals surface area contributed by atoms with E-state index in [-0.39, 0.29) is 0 Å². The molecule has 0 bridgehead atoms. The van der Waals surface area contributed by atoms with Gasteiger partial charge < -0.3 is 15.5 Å². The van der Waals surface area contributed by atoms with Gasteiger partial charge in [0.05, 0.1) is 12.8 Å². The summed E-state index contributed by atoms with van der Waals surface area (Å²) < 4.78 is 4.87. The Morgan fingerprint density at radius 3 is 3.10 bits per heavy atom. The lowest BCUT2D eigenvalue weighted by Crippen LogP contribution is -1.94. The lowest BCUT2D eigenvalue weighted by Gasteiger charge is -1.93. The minimum Gasteiger partial charge on any atom is -0.384 e. The number of ether oxygens (including phenoxy) is 1. The van der Waals surface area contributed by atoms with Gasteiger partial charge in [0.15, 0.2) is 5.95 Å². The Bertz CT molecular complexity index is 197. The number of hydrogen-bond acceptors (Lipinski definition) is 3. The van der Waals surface area contributed by atoms with Gasteiger partial charge in [-0.1, -0.05) is 0 Å². The van der Waals surface area contributed by atoms with E-state index in [1.165, 1.54) is 0 Å². The largest absolute Gasteiger partial charge is 0.384 e. The summed E-state index contributed by atoms with van der Waals surface area (Å²) in [6.07, 6.45) is 2.55. The van der Waals surface area contributed by atoms with Gasteiger partial charge in [-0.2, -0.15) is 0 Å². The number of nitrogen functional groups attached to an aromatic ring is 1. The molecule has 4 heteroatoms. The molecule has 1 aromatic rings. The summed E-state index contributed by atoms with van der Waals surface area (Å²) >= 11 is 0. The SMILES string of the molecule is COCCc1cnc(N)[nH]1. The van der Waals surface area contributed by atoms with Crippen LogP contribution in [0.4, 0.5) is 5.95 Å². The van der Waals surface area contributed by atoms with E-state index >= 15 is 0 Å². The molecule has 0 saturated carbocycles. The zero-order chi connectivity index (χ0) is 7.40. The lowest BCUT2D eigenvalue weighted by molar-refractivity contribution is 0.201. The molecular formula is C6H11N3O. The molecule has 0 saturated heterocycles. The van der Waals surface area contributed by atoms with Crippen LogP contribution in [0.25, 0.3) is 0 Å². The molecule has 1 aromatic heterocycles. The van der Waals surface area contributed by atoms with Crippen molar-refractivity contribution in [3.8, 4) is 0 Å². The molecule has 0 amide bonds. The van der Waals surface area contributed by atoms with E-state index < -0.39 is 0 Å². The molecule has 4 nitrogen and oxygen atoms in total. The Kier molecular flexibility index (Phi) is 2.28. The number of aromatic nitrogens is 2. The van der Waals surface area contributed by atoms with Crippen molar-refractivity contribution in [2.24, 2.45) is 0 Å². The Morgan fingerprint density at radius 1 is 1.80 bits per heavy atom. The maximum absolute atomic E-state index is 5.34. The van der Waals surface area contributed by atoms with Gasteiger partial charge in [-0.25, -0.2) is 4.98 Å². The number of nitrogens with one attached hydrogen (secondary N) is 1. The highest BCUT2D eigenvalue weighted by Crippen LogP contribution is 1.97. The molecule has 0 atom stereocenters. The molecule has 3 N–H and O–H groups in total. The first-order valence-electron chi connectivity index (χ1n) is 3.11. The zero-order valence-corrected chi connectivity index (χ0v) is 5.92. The maximum Gasteiger partial charge on any atom is 0.197 e. The molecule has 0 radical (unpaired) electrons. The van der Waals surface area contributed by atoms with Gasteiger partial charge >= 0.3 is 0 Å². The molecule has 0 aliphatic heterocycles.